The Hall–Kier alpha value is -2.05. The number of aryl methyl sites for hydroxylation is 1. The molecule has 2 aromatic rings. The third kappa shape index (κ3) is 4.74. The summed E-state index contributed by atoms with van der Waals surface area (Å²) in [6.45, 7) is 9.25. The first-order valence-corrected chi connectivity index (χ1v) is 9.01. The molecule has 0 saturated carbocycles. The van der Waals surface area contributed by atoms with Gasteiger partial charge in [-0.1, -0.05) is 6.07 Å². The molecule has 136 valence electrons. The largest absolute Gasteiger partial charge is 0.495 e. The third-order valence-corrected chi connectivity index (χ3v) is 4.76. The van der Waals surface area contributed by atoms with Gasteiger partial charge in [0.25, 0.3) is 0 Å². The fourth-order valence-corrected chi connectivity index (χ4v) is 3.12. The van der Waals surface area contributed by atoms with Crippen molar-refractivity contribution in [2.75, 3.05) is 45.7 Å². The van der Waals surface area contributed by atoms with Crippen molar-refractivity contribution in [2.24, 2.45) is 0 Å². The molecule has 1 aromatic heterocycles. The number of methoxy groups -OCH3 is 1. The Bertz CT molecular complexity index is 676. The van der Waals surface area contributed by atoms with Gasteiger partial charge in [-0.05, 0) is 31.7 Å². The number of ether oxygens (including phenoxy) is 1. The Labute approximate surface area is 150 Å². The van der Waals surface area contributed by atoms with Gasteiger partial charge in [-0.3, -0.25) is 9.58 Å². The van der Waals surface area contributed by atoms with Crippen LogP contribution < -0.4 is 10.1 Å². The Balaban J connectivity index is 1.64. The van der Waals surface area contributed by atoms with E-state index in [2.05, 4.69) is 58.6 Å². The minimum Gasteiger partial charge on any atom is -0.495 e. The van der Waals surface area contributed by atoms with Crippen molar-refractivity contribution in [1.82, 2.24) is 19.6 Å². The molecule has 0 unspecified atom stereocenters. The van der Waals surface area contributed by atoms with Gasteiger partial charge in [0.05, 0.1) is 19.0 Å². The van der Waals surface area contributed by atoms with Crippen LogP contribution in [0.2, 0.25) is 0 Å². The summed E-state index contributed by atoms with van der Waals surface area (Å²) in [4.78, 5) is 4.89. The number of piperazine rings is 1. The molecule has 0 bridgehead atoms. The zero-order chi connectivity index (χ0) is 17.6. The second kappa shape index (κ2) is 8.36. The van der Waals surface area contributed by atoms with Crippen molar-refractivity contribution < 1.29 is 4.74 Å². The normalized spacial score (nSPS) is 16.1. The number of likely N-dealkylation sites (N-methyl/N-ethyl adjacent to an activating group) is 1. The van der Waals surface area contributed by atoms with Crippen LogP contribution in [-0.4, -0.2) is 59.9 Å². The van der Waals surface area contributed by atoms with Crippen molar-refractivity contribution in [1.29, 1.82) is 0 Å². The van der Waals surface area contributed by atoms with E-state index in [1.165, 1.54) is 11.1 Å². The van der Waals surface area contributed by atoms with E-state index in [0.29, 0.717) is 0 Å². The average molecular weight is 343 g/mol. The van der Waals surface area contributed by atoms with E-state index >= 15 is 0 Å². The van der Waals surface area contributed by atoms with E-state index in [1.807, 2.05) is 10.9 Å². The van der Waals surface area contributed by atoms with Crippen LogP contribution in [0.1, 0.15) is 18.1 Å². The lowest BCUT2D eigenvalue weighted by molar-refractivity contribution is 0.148. The molecule has 6 nitrogen and oxygen atoms in total. The lowest BCUT2D eigenvalue weighted by Crippen LogP contribution is -2.43. The molecule has 6 heteroatoms. The van der Waals surface area contributed by atoms with Gasteiger partial charge < -0.3 is 15.0 Å². The number of anilines is 1. The van der Waals surface area contributed by atoms with Gasteiger partial charge in [0, 0.05) is 57.6 Å². The molecule has 1 aliphatic heterocycles. The van der Waals surface area contributed by atoms with Gasteiger partial charge in [0.1, 0.15) is 5.75 Å². The van der Waals surface area contributed by atoms with Crippen LogP contribution in [-0.2, 0) is 19.6 Å². The summed E-state index contributed by atoms with van der Waals surface area (Å²) >= 11 is 0. The second-order valence-corrected chi connectivity index (χ2v) is 6.67. The van der Waals surface area contributed by atoms with Gasteiger partial charge in [-0.2, -0.15) is 5.10 Å². The summed E-state index contributed by atoms with van der Waals surface area (Å²) in [6.07, 6.45) is 3.99. The Morgan fingerprint density at radius 2 is 1.96 bits per heavy atom. The molecule has 1 N–H and O–H groups in total. The molecule has 2 heterocycles. The SMILES string of the molecule is CCn1cc(CNc2cc(CN3CCN(C)CC3)ccc2OC)cn1. The number of benzene rings is 1. The van der Waals surface area contributed by atoms with E-state index < -0.39 is 0 Å². The van der Waals surface area contributed by atoms with Gasteiger partial charge in [-0.25, -0.2) is 0 Å². The number of nitrogens with zero attached hydrogens (tertiary/aromatic N) is 4. The first kappa shape index (κ1) is 17.8. The number of nitrogens with one attached hydrogen (secondary N) is 1. The number of rotatable bonds is 7. The zero-order valence-corrected chi connectivity index (χ0v) is 15.5. The van der Waals surface area contributed by atoms with Gasteiger partial charge >= 0.3 is 0 Å². The highest BCUT2D eigenvalue weighted by atomic mass is 16.5. The van der Waals surface area contributed by atoms with Crippen LogP contribution in [0.5, 0.6) is 5.75 Å². The fourth-order valence-electron chi connectivity index (χ4n) is 3.12. The van der Waals surface area contributed by atoms with Crippen molar-refractivity contribution in [3.8, 4) is 5.75 Å². The predicted octanol–water partition coefficient (Wildman–Crippen LogP) is 2.27. The first-order chi connectivity index (χ1) is 12.2. The predicted molar refractivity (Wildman–Crippen MR) is 101 cm³/mol. The summed E-state index contributed by atoms with van der Waals surface area (Å²) in [5.41, 5.74) is 3.53. The summed E-state index contributed by atoms with van der Waals surface area (Å²) in [5, 5.41) is 7.82. The van der Waals surface area contributed by atoms with Crippen LogP contribution in [0.15, 0.2) is 30.6 Å². The summed E-state index contributed by atoms with van der Waals surface area (Å²) in [5.74, 6) is 0.880. The van der Waals surface area contributed by atoms with Gasteiger partial charge in [-0.15, -0.1) is 0 Å². The Morgan fingerprint density at radius 1 is 1.16 bits per heavy atom. The average Bonchev–Trinajstić information content (AvgIpc) is 3.10. The molecule has 0 radical (unpaired) electrons. The van der Waals surface area contributed by atoms with Gasteiger partial charge in [0.2, 0.25) is 0 Å². The quantitative estimate of drug-likeness (QED) is 0.836. The van der Waals surface area contributed by atoms with E-state index in [-0.39, 0.29) is 0 Å². The lowest BCUT2D eigenvalue weighted by atomic mass is 10.1. The molecule has 1 saturated heterocycles. The number of hydrogen-bond acceptors (Lipinski definition) is 5. The summed E-state index contributed by atoms with van der Waals surface area (Å²) in [6, 6.07) is 6.43. The van der Waals surface area contributed by atoms with Crippen molar-refractivity contribution in [3.05, 3.63) is 41.7 Å². The van der Waals surface area contributed by atoms with E-state index in [1.54, 1.807) is 7.11 Å². The van der Waals surface area contributed by atoms with E-state index in [4.69, 9.17) is 4.74 Å². The Kier molecular flexibility index (Phi) is 5.94. The zero-order valence-electron chi connectivity index (χ0n) is 15.5. The van der Waals surface area contributed by atoms with Crippen molar-refractivity contribution in [3.63, 3.8) is 0 Å². The molecule has 25 heavy (non-hydrogen) atoms. The smallest absolute Gasteiger partial charge is 0.141 e. The summed E-state index contributed by atoms with van der Waals surface area (Å²) in [7, 11) is 3.91. The molecule has 1 aliphatic rings. The van der Waals surface area contributed by atoms with Gasteiger partial charge in [0.15, 0.2) is 0 Å². The van der Waals surface area contributed by atoms with E-state index in [0.717, 1.165) is 57.3 Å². The number of hydrogen-bond donors (Lipinski definition) is 1. The Morgan fingerprint density at radius 3 is 2.64 bits per heavy atom. The molecule has 0 amide bonds. The monoisotopic (exact) mass is 343 g/mol. The molecule has 1 fully saturated rings. The van der Waals surface area contributed by atoms with Crippen LogP contribution in [0.4, 0.5) is 5.69 Å². The topological polar surface area (TPSA) is 45.6 Å². The maximum absolute atomic E-state index is 5.52. The number of aromatic nitrogens is 2. The molecule has 0 aliphatic carbocycles. The summed E-state index contributed by atoms with van der Waals surface area (Å²) < 4.78 is 7.46. The van der Waals surface area contributed by atoms with Crippen molar-refractivity contribution in [2.45, 2.75) is 26.6 Å². The standard InChI is InChI=1S/C19H29N5O/c1-4-24-15-17(13-21-24)12-20-18-11-16(5-6-19(18)25-3)14-23-9-7-22(2)8-10-23/h5-6,11,13,15,20H,4,7-10,12,14H2,1-3H3. The lowest BCUT2D eigenvalue weighted by Gasteiger charge is -2.32. The highest BCUT2D eigenvalue weighted by molar-refractivity contribution is 5.58. The maximum Gasteiger partial charge on any atom is 0.141 e. The highest BCUT2D eigenvalue weighted by Crippen LogP contribution is 2.26. The minimum atomic E-state index is 0.744. The fraction of sp³-hybridized carbons (Fsp3) is 0.526. The van der Waals surface area contributed by atoms with Crippen LogP contribution in [0, 0.1) is 0 Å². The maximum atomic E-state index is 5.52. The molecule has 0 spiro atoms. The highest BCUT2D eigenvalue weighted by Gasteiger charge is 2.14. The first-order valence-electron chi connectivity index (χ1n) is 9.01. The minimum absolute atomic E-state index is 0.744. The van der Waals surface area contributed by atoms with Crippen LogP contribution >= 0.6 is 0 Å². The molecule has 3 rings (SSSR count). The molecular weight excluding hydrogens is 314 g/mol. The third-order valence-electron chi connectivity index (χ3n) is 4.76. The molecular formula is C19H29N5O. The second-order valence-electron chi connectivity index (χ2n) is 6.67. The van der Waals surface area contributed by atoms with Crippen LogP contribution in [0.25, 0.3) is 0 Å². The van der Waals surface area contributed by atoms with E-state index in [9.17, 15) is 0 Å². The molecule has 0 atom stereocenters. The van der Waals surface area contributed by atoms with Crippen LogP contribution in [0.3, 0.4) is 0 Å². The molecule has 1 aromatic carbocycles. The van der Waals surface area contributed by atoms with Crippen molar-refractivity contribution >= 4 is 5.69 Å².